The molecule has 1 aromatic rings. The molecule has 0 bridgehead atoms. The SMILES string of the molecule is COc1cc(C)c(C)cc1C(N)=O. The molecule has 0 unspecified atom stereocenters. The summed E-state index contributed by atoms with van der Waals surface area (Å²) in [5.74, 6) is 0.0792. The number of primary amides is 1. The summed E-state index contributed by atoms with van der Waals surface area (Å²) in [5.41, 5.74) is 7.75. The number of benzene rings is 1. The summed E-state index contributed by atoms with van der Waals surface area (Å²) in [6.07, 6.45) is 0. The fraction of sp³-hybridized carbons (Fsp3) is 0.300. The van der Waals surface area contributed by atoms with E-state index in [4.69, 9.17) is 10.5 Å². The Morgan fingerprint density at radius 1 is 1.31 bits per heavy atom. The minimum atomic E-state index is -0.458. The highest BCUT2D eigenvalue weighted by Crippen LogP contribution is 2.22. The van der Waals surface area contributed by atoms with Gasteiger partial charge in [0.2, 0.25) is 0 Å². The predicted molar refractivity (Wildman–Crippen MR) is 51.0 cm³/mol. The van der Waals surface area contributed by atoms with Crippen LogP contribution >= 0.6 is 0 Å². The molecular weight excluding hydrogens is 166 g/mol. The van der Waals surface area contributed by atoms with Crippen molar-refractivity contribution in [2.45, 2.75) is 13.8 Å². The van der Waals surface area contributed by atoms with E-state index in [0.717, 1.165) is 11.1 Å². The Balaban J connectivity index is 3.33. The van der Waals surface area contributed by atoms with Crippen LogP contribution in [0.4, 0.5) is 0 Å². The Hall–Kier alpha value is -1.51. The lowest BCUT2D eigenvalue weighted by atomic mass is 10.0. The molecule has 0 aliphatic heterocycles. The minimum absolute atomic E-state index is 0.436. The van der Waals surface area contributed by atoms with Gasteiger partial charge in [0.1, 0.15) is 5.75 Å². The molecule has 1 aromatic carbocycles. The average molecular weight is 179 g/mol. The van der Waals surface area contributed by atoms with E-state index in [-0.39, 0.29) is 0 Å². The molecule has 0 saturated heterocycles. The van der Waals surface area contributed by atoms with E-state index in [1.807, 2.05) is 19.9 Å². The maximum atomic E-state index is 11.0. The number of aryl methyl sites for hydroxylation is 2. The molecule has 0 aliphatic carbocycles. The van der Waals surface area contributed by atoms with Crippen LogP contribution in [-0.2, 0) is 0 Å². The summed E-state index contributed by atoms with van der Waals surface area (Å²) >= 11 is 0. The second-order valence-electron chi connectivity index (χ2n) is 3.00. The van der Waals surface area contributed by atoms with E-state index in [2.05, 4.69) is 0 Å². The van der Waals surface area contributed by atoms with E-state index in [0.29, 0.717) is 11.3 Å². The van der Waals surface area contributed by atoms with Gasteiger partial charge in [0.15, 0.2) is 0 Å². The van der Waals surface area contributed by atoms with Gasteiger partial charge in [0.05, 0.1) is 12.7 Å². The van der Waals surface area contributed by atoms with Crippen LogP contribution in [0.5, 0.6) is 5.75 Å². The van der Waals surface area contributed by atoms with E-state index < -0.39 is 5.91 Å². The maximum Gasteiger partial charge on any atom is 0.252 e. The zero-order valence-corrected chi connectivity index (χ0v) is 8.05. The highest BCUT2D eigenvalue weighted by atomic mass is 16.5. The minimum Gasteiger partial charge on any atom is -0.496 e. The Morgan fingerprint density at radius 3 is 2.31 bits per heavy atom. The summed E-state index contributed by atoms with van der Waals surface area (Å²) in [4.78, 5) is 11.0. The van der Waals surface area contributed by atoms with E-state index >= 15 is 0 Å². The highest BCUT2D eigenvalue weighted by molar-refractivity contribution is 5.96. The second-order valence-corrected chi connectivity index (χ2v) is 3.00. The molecule has 0 spiro atoms. The molecule has 0 saturated carbocycles. The lowest BCUT2D eigenvalue weighted by molar-refractivity contribution is 0.0997. The molecule has 0 heterocycles. The van der Waals surface area contributed by atoms with Crippen molar-refractivity contribution in [1.82, 2.24) is 0 Å². The third-order valence-electron chi connectivity index (χ3n) is 2.08. The first-order chi connectivity index (χ1) is 6.06. The fourth-order valence-corrected chi connectivity index (χ4v) is 1.15. The Kier molecular flexibility index (Phi) is 2.56. The van der Waals surface area contributed by atoms with Crippen LogP contribution in [0.25, 0.3) is 0 Å². The summed E-state index contributed by atoms with van der Waals surface area (Å²) in [5, 5.41) is 0. The zero-order chi connectivity index (χ0) is 10.0. The van der Waals surface area contributed by atoms with Crippen LogP contribution < -0.4 is 10.5 Å². The molecule has 2 N–H and O–H groups in total. The van der Waals surface area contributed by atoms with Crippen molar-refractivity contribution in [1.29, 1.82) is 0 Å². The summed E-state index contributed by atoms with van der Waals surface area (Å²) in [6, 6.07) is 3.56. The van der Waals surface area contributed by atoms with Crippen LogP contribution in [0, 0.1) is 13.8 Å². The molecule has 0 atom stereocenters. The average Bonchev–Trinajstić information content (AvgIpc) is 2.08. The Morgan fingerprint density at radius 2 is 1.85 bits per heavy atom. The number of nitrogens with two attached hydrogens (primary N) is 1. The molecular formula is C10H13NO2. The van der Waals surface area contributed by atoms with Crippen LogP contribution in [0.15, 0.2) is 12.1 Å². The third-order valence-corrected chi connectivity index (χ3v) is 2.08. The lowest BCUT2D eigenvalue weighted by Crippen LogP contribution is -2.13. The molecule has 3 heteroatoms. The zero-order valence-electron chi connectivity index (χ0n) is 8.05. The van der Waals surface area contributed by atoms with Crippen molar-refractivity contribution in [2.24, 2.45) is 5.73 Å². The standard InChI is InChI=1S/C10H13NO2/c1-6-4-8(10(11)12)9(13-3)5-7(6)2/h4-5H,1-3H3,(H2,11,12). The molecule has 1 rings (SSSR count). The number of hydrogen-bond donors (Lipinski definition) is 1. The number of ether oxygens (including phenoxy) is 1. The van der Waals surface area contributed by atoms with Crippen molar-refractivity contribution in [3.63, 3.8) is 0 Å². The number of methoxy groups -OCH3 is 1. The first kappa shape index (κ1) is 9.58. The number of carbonyl (C=O) groups excluding carboxylic acids is 1. The van der Waals surface area contributed by atoms with Crippen LogP contribution in [-0.4, -0.2) is 13.0 Å². The van der Waals surface area contributed by atoms with Gasteiger partial charge >= 0.3 is 0 Å². The first-order valence-electron chi connectivity index (χ1n) is 4.01. The lowest BCUT2D eigenvalue weighted by Gasteiger charge is -2.08. The molecule has 3 nitrogen and oxygen atoms in total. The van der Waals surface area contributed by atoms with Crippen molar-refractivity contribution in [3.8, 4) is 5.75 Å². The molecule has 1 amide bonds. The molecule has 0 aliphatic rings. The van der Waals surface area contributed by atoms with Gasteiger partial charge in [-0.1, -0.05) is 0 Å². The van der Waals surface area contributed by atoms with E-state index in [1.54, 1.807) is 6.07 Å². The Labute approximate surface area is 77.5 Å². The largest absolute Gasteiger partial charge is 0.496 e. The summed E-state index contributed by atoms with van der Waals surface area (Å²) in [7, 11) is 1.52. The smallest absolute Gasteiger partial charge is 0.252 e. The van der Waals surface area contributed by atoms with Gasteiger partial charge in [-0.2, -0.15) is 0 Å². The number of hydrogen-bond acceptors (Lipinski definition) is 2. The van der Waals surface area contributed by atoms with Crippen molar-refractivity contribution in [2.75, 3.05) is 7.11 Å². The predicted octanol–water partition coefficient (Wildman–Crippen LogP) is 1.41. The Bertz CT molecular complexity index is 345. The second kappa shape index (κ2) is 3.47. The van der Waals surface area contributed by atoms with Crippen LogP contribution in [0.2, 0.25) is 0 Å². The topological polar surface area (TPSA) is 52.3 Å². The van der Waals surface area contributed by atoms with Gasteiger partial charge < -0.3 is 10.5 Å². The molecule has 70 valence electrons. The van der Waals surface area contributed by atoms with Gasteiger partial charge in [-0.15, -0.1) is 0 Å². The number of carbonyl (C=O) groups is 1. The fourth-order valence-electron chi connectivity index (χ4n) is 1.15. The summed E-state index contributed by atoms with van der Waals surface area (Å²) < 4.78 is 5.04. The van der Waals surface area contributed by atoms with Crippen molar-refractivity contribution < 1.29 is 9.53 Å². The maximum absolute atomic E-state index is 11.0. The molecule has 13 heavy (non-hydrogen) atoms. The van der Waals surface area contributed by atoms with E-state index in [1.165, 1.54) is 7.11 Å². The molecule has 0 aromatic heterocycles. The van der Waals surface area contributed by atoms with Gasteiger partial charge in [0.25, 0.3) is 5.91 Å². The van der Waals surface area contributed by atoms with Crippen LogP contribution in [0.3, 0.4) is 0 Å². The van der Waals surface area contributed by atoms with Crippen molar-refractivity contribution in [3.05, 3.63) is 28.8 Å². The van der Waals surface area contributed by atoms with Gasteiger partial charge in [-0.25, -0.2) is 0 Å². The molecule has 0 fully saturated rings. The first-order valence-corrected chi connectivity index (χ1v) is 4.01. The highest BCUT2D eigenvalue weighted by Gasteiger charge is 2.09. The quantitative estimate of drug-likeness (QED) is 0.746. The third kappa shape index (κ3) is 1.80. The molecule has 0 radical (unpaired) electrons. The monoisotopic (exact) mass is 179 g/mol. The van der Waals surface area contributed by atoms with E-state index in [9.17, 15) is 4.79 Å². The number of amides is 1. The van der Waals surface area contributed by atoms with Crippen molar-refractivity contribution >= 4 is 5.91 Å². The van der Waals surface area contributed by atoms with Gasteiger partial charge in [-0.3, -0.25) is 4.79 Å². The van der Waals surface area contributed by atoms with Gasteiger partial charge in [0, 0.05) is 0 Å². The normalized spacial score (nSPS) is 9.77. The summed E-state index contributed by atoms with van der Waals surface area (Å²) in [6.45, 7) is 3.89. The van der Waals surface area contributed by atoms with Crippen LogP contribution in [0.1, 0.15) is 21.5 Å². The van der Waals surface area contributed by atoms with Gasteiger partial charge in [-0.05, 0) is 37.1 Å². The number of rotatable bonds is 2.